The summed E-state index contributed by atoms with van der Waals surface area (Å²) in [4.78, 5) is 36.8. The second-order valence-corrected chi connectivity index (χ2v) is 9.54. The Hall–Kier alpha value is -2.97. The molecule has 1 radical (unpaired) electrons. The smallest absolute Gasteiger partial charge is 0.412 e. The molecule has 0 aliphatic carbocycles. The van der Waals surface area contributed by atoms with E-state index in [-0.39, 0.29) is 17.1 Å². The maximum absolute atomic E-state index is 12.3. The van der Waals surface area contributed by atoms with Crippen LogP contribution in [-0.2, 0) is 14.2 Å². The van der Waals surface area contributed by atoms with Crippen LogP contribution in [0, 0.1) is 6.07 Å². The molecule has 3 N–H and O–H groups in total. The van der Waals surface area contributed by atoms with Gasteiger partial charge in [0.15, 0.2) is 0 Å². The first-order chi connectivity index (χ1) is 13.5. The molecule has 0 saturated carbocycles. The lowest BCUT2D eigenvalue weighted by molar-refractivity contribution is 0.0619. The maximum Gasteiger partial charge on any atom is 0.412 e. The van der Waals surface area contributed by atoms with E-state index in [0.29, 0.717) is 0 Å². The minimum Gasteiger partial charge on any atom is -0.444 e. The van der Waals surface area contributed by atoms with Gasteiger partial charge in [-0.05, 0) is 80.5 Å². The summed E-state index contributed by atoms with van der Waals surface area (Å²) in [6.45, 7) is 15.5. The van der Waals surface area contributed by atoms with Crippen LogP contribution in [0.15, 0.2) is 12.1 Å². The third-order valence-electron chi connectivity index (χ3n) is 2.89. The Morgan fingerprint density at radius 2 is 0.933 bits per heavy atom. The fourth-order valence-corrected chi connectivity index (χ4v) is 2.06. The molecule has 1 rings (SSSR count). The Morgan fingerprint density at radius 3 is 1.23 bits per heavy atom. The SMILES string of the molecule is CC(C)(C)OC(=O)Nc1c[c]cc(NC(=O)OC(C)(C)C)c1NC(=O)OC(C)(C)C. The maximum atomic E-state index is 12.3. The average molecular weight is 423 g/mol. The first kappa shape index (κ1) is 25.1. The Labute approximate surface area is 177 Å². The highest BCUT2D eigenvalue weighted by atomic mass is 16.6. The van der Waals surface area contributed by atoms with Crippen molar-refractivity contribution in [2.75, 3.05) is 16.0 Å². The number of nitrogens with one attached hydrogen (secondary N) is 3. The van der Waals surface area contributed by atoms with Crippen LogP contribution in [0.25, 0.3) is 0 Å². The largest absolute Gasteiger partial charge is 0.444 e. The summed E-state index contributed by atoms with van der Waals surface area (Å²) in [7, 11) is 0. The zero-order chi connectivity index (χ0) is 23.3. The van der Waals surface area contributed by atoms with Gasteiger partial charge in [-0.1, -0.05) is 0 Å². The van der Waals surface area contributed by atoms with Gasteiger partial charge < -0.3 is 14.2 Å². The van der Waals surface area contributed by atoms with Gasteiger partial charge in [-0.2, -0.15) is 0 Å². The highest BCUT2D eigenvalue weighted by Crippen LogP contribution is 2.32. The Kier molecular flexibility index (Phi) is 7.71. The number of rotatable bonds is 3. The van der Waals surface area contributed by atoms with Gasteiger partial charge in [0.25, 0.3) is 0 Å². The molecule has 30 heavy (non-hydrogen) atoms. The van der Waals surface area contributed by atoms with E-state index >= 15 is 0 Å². The van der Waals surface area contributed by atoms with Gasteiger partial charge in [-0.15, -0.1) is 0 Å². The normalized spacial score (nSPS) is 11.9. The lowest BCUT2D eigenvalue weighted by Crippen LogP contribution is -2.30. The first-order valence-electron chi connectivity index (χ1n) is 9.49. The first-order valence-corrected chi connectivity index (χ1v) is 9.49. The van der Waals surface area contributed by atoms with Crippen LogP contribution >= 0.6 is 0 Å². The van der Waals surface area contributed by atoms with Gasteiger partial charge in [-0.25, -0.2) is 14.4 Å². The van der Waals surface area contributed by atoms with Crippen LogP contribution in [0.2, 0.25) is 0 Å². The van der Waals surface area contributed by atoms with Crippen LogP contribution < -0.4 is 16.0 Å². The molecule has 167 valence electrons. The van der Waals surface area contributed by atoms with Crippen molar-refractivity contribution in [3.8, 4) is 0 Å². The van der Waals surface area contributed by atoms with E-state index in [2.05, 4.69) is 22.0 Å². The molecule has 0 atom stereocenters. The second-order valence-electron chi connectivity index (χ2n) is 9.54. The number of anilines is 3. The highest BCUT2D eigenvalue weighted by Gasteiger charge is 2.23. The van der Waals surface area contributed by atoms with Crippen LogP contribution in [0.3, 0.4) is 0 Å². The number of amides is 3. The lowest BCUT2D eigenvalue weighted by Gasteiger charge is -2.24. The third-order valence-corrected chi connectivity index (χ3v) is 2.89. The van der Waals surface area contributed by atoms with Gasteiger partial charge in [0.2, 0.25) is 0 Å². The average Bonchev–Trinajstić information content (AvgIpc) is 2.44. The van der Waals surface area contributed by atoms with Crippen molar-refractivity contribution in [1.29, 1.82) is 0 Å². The molecule has 3 amide bonds. The highest BCUT2D eigenvalue weighted by molar-refractivity contribution is 6.03. The molecule has 0 fully saturated rings. The molecular formula is C21H32N3O6. The molecule has 9 nitrogen and oxygen atoms in total. The molecule has 0 saturated heterocycles. The molecule has 0 heterocycles. The number of benzene rings is 1. The van der Waals surface area contributed by atoms with Gasteiger partial charge in [0.05, 0.1) is 17.1 Å². The third kappa shape index (κ3) is 9.99. The summed E-state index contributed by atoms with van der Waals surface area (Å²) in [6, 6.07) is 5.65. The van der Waals surface area contributed by atoms with Crippen molar-refractivity contribution in [1.82, 2.24) is 0 Å². The van der Waals surface area contributed by atoms with Crippen LogP contribution in [-0.4, -0.2) is 35.1 Å². The minimum atomic E-state index is -0.770. The van der Waals surface area contributed by atoms with Gasteiger partial charge in [0.1, 0.15) is 16.8 Å². The topological polar surface area (TPSA) is 115 Å². The molecule has 0 aliphatic rings. The standard InChI is InChI=1S/C21H32N3O6/c1-19(2,3)28-16(25)22-13-11-10-12-14(23-17(26)29-20(4,5)6)15(13)24-18(27)30-21(7,8)9/h11-12H,1-9H3,(H,22,25)(H,23,26)(H,24,27). The van der Waals surface area contributed by atoms with Crippen LogP contribution in [0.1, 0.15) is 62.3 Å². The predicted molar refractivity (Wildman–Crippen MR) is 115 cm³/mol. The molecule has 0 unspecified atom stereocenters. The van der Waals surface area contributed by atoms with Crippen LogP contribution in [0.4, 0.5) is 31.4 Å². The zero-order valence-electron chi connectivity index (χ0n) is 19.1. The molecule has 1 aromatic rings. The van der Waals surface area contributed by atoms with Gasteiger partial charge >= 0.3 is 18.3 Å². The summed E-state index contributed by atoms with van der Waals surface area (Å²) < 4.78 is 15.8. The summed E-state index contributed by atoms with van der Waals surface area (Å²) >= 11 is 0. The molecular weight excluding hydrogens is 390 g/mol. The number of hydrogen-bond acceptors (Lipinski definition) is 6. The van der Waals surface area contributed by atoms with Gasteiger partial charge in [0, 0.05) is 0 Å². The Bertz CT molecular complexity index is 737. The molecule has 9 heteroatoms. The van der Waals surface area contributed by atoms with Crippen molar-refractivity contribution in [3.63, 3.8) is 0 Å². The van der Waals surface area contributed by atoms with Crippen molar-refractivity contribution in [3.05, 3.63) is 18.2 Å². The van der Waals surface area contributed by atoms with Crippen molar-refractivity contribution >= 4 is 35.3 Å². The number of carbonyl (C=O) groups is 3. The fraction of sp³-hybridized carbons (Fsp3) is 0.571. The number of carbonyl (C=O) groups excluding carboxylic acids is 3. The van der Waals surface area contributed by atoms with E-state index < -0.39 is 35.1 Å². The predicted octanol–water partition coefficient (Wildman–Crippen LogP) is 5.53. The summed E-state index contributed by atoms with van der Waals surface area (Å²) in [5, 5.41) is 7.64. The monoisotopic (exact) mass is 422 g/mol. The Morgan fingerprint density at radius 1 is 0.633 bits per heavy atom. The van der Waals surface area contributed by atoms with E-state index in [1.165, 1.54) is 12.1 Å². The lowest BCUT2D eigenvalue weighted by atomic mass is 10.2. The molecule has 0 bridgehead atoms. The molecule has 0 aliphatic heterocycles. The van der Waals surface area contributed by atoms with Gasteiger partial charge in [-0.3, -0.25) is 16.0 Å². The summed E-state index contributed by atoms with van der Waals surface area (Å²) in [6.07, 6.45) is -2.25. The second kappa shape index (κ2) is 9.23. The fourth-order valence-electron chi connectivity index (χ4n) is 2.06. The zero-order valence-corrected chi connectivity index (χ0v) is 19.1. The van der Waals surface area contributed by atoms with E-state index in [9.17, 15) is 14.4 Å². The van der Waals surface area contributed by atoms with E-state index in [4.69, 9.17) is 14.2 Å². The van der Waals surface area contributed by atoms with E-state index in [1.807, 2.05) is 0 Å². The molecule has 0 spiro atoms. The minimum absolute atomic E-state index is 0.0970. The van der Waals surface area contributed by atoms with Crippen molar-refractivity contribution in [2.45, 2.75) is 79.1 Å². The molecule has 0 aromatic heterocycles. The van der Waals surface area contributed by atoms with E-state index in [0.717, 1.165) is 0 Å². The van der Waals surface area contributed by atoms with E-state index in [1.54, 1.807) is 62.3 Å². The quantitative estimate of drug-likeness (QED) is 0.552. The van der Waals surface area contributed by atoms with Crippen molar-refractivity contribution < 1.29 is 28.6 Å². The molecule has 1 aromatic carbocycles. The summed E-state index contributed by atoms with van der Waals surface area (Å²) in [5.41, 5.74) is -1.78. The number of hydrogen-bond donors (Lipinski definition) is 3. The number of ether oxygens (including phenoxy) is 3. The van der Waals surface area contributed by atoms with Crippen LogP contribution in [0.5, 0.6) is 0 Å². The van der Waals surface area contributed by atoms with Crippen molar-refractivity contribution in [2.24, 2.45) is 0 Å². The Balaban J connectivity index is 3.21. The summed E-state index contributed by atoms with van der Waals surface area (Å²) in [5.74, 6) is 0.